The SMILES string of the molecule is C[C@H](c1ccc(-n2cncn2)cc1)N(C)C(=O)/C=C/c1ccc2c(c1)OCO2. The van der Waals surface area contributed by atoms with E-state index in [0.717, 1.165) is 22.6 Å². The Bertz CT molecular complexity index is 997. The van der Waals surface area contributed by atoms with Crippen molar-refractivity contribution < 1.29 is 14.3 Å². The van der Waals surface area contributed by atoms with Gasteiger partial charge in [0.15, 0.2) is 11.5 Å². The molecule has 4 rings (SSSR count). The van der Waals surface area contributed by atoms with Crippen LogP contribution in [-0.4, -0.2) is 39.4 Å². The summed E-state index contributed by atoms with van der Waals surface area (Å²) in [5.74, 6) is 1.35. The van der Waals surface area contributed by atoms with Gasteiger partial charge in [-0.3, -0.25) is 4.79 Å². The summed E-state index contributed by atoms with van der Waals surface area (Å²) in [6.45, 7) is 2.23. The molecule has 0 spiro atoms. The number of carbonyl (C=O) groups is 1. The molecule has 3 aromatic rings. The summed E-state index contributed by atoms with van der Waals surface area (Å²) >= 11 is 0. The van der Waals surface area contributed by atoms with Gasteiger partial charge in [-0.15, -0.1) is 0 Å². The molecule has 2 aromatic carbocycles. The van der Waals surface area contributed by atoms with Crippen molar-refractivity contribution in [2.24, 2.45) is 0 Å². The number of fused-ring (bicyclic) bond motifs is 1. The van der Waals surface area contributed by atoms with Gasteiger partial charge in [0.2, 0.25) is 12.7 Å². The Morgan fingerprint density at radius 3 is 2.71 bits per heavy atom. The summed E-state index contributed by atoms with van der Waals surface area (Å²) in [7, 11) is 1.79. The van der Waals surface area contributed by atoms with Crippen molar-refractivity contribution in [3.63, 3.8) is 0 Å². The minimum atomic E-state index is -0.0782. The standard InChI is InChI=1S/C21H20N4O3/c1-15(17-5-7-18(8-6-17)25-13-22-12-23-25)24(2)21(26)10-4-16-3-9-19-20(11-16)28-14-27-19/h3-13,15H,14H2,1-2H3/b10-4+/t15-/m1/s1. The van der Waals surface area contributed by atoms with Crippen LogP contribution >= 0.6 is 0 Å². The van der Waals surface area contributed by atoms with Gasteiger partial charge in [0.25, 0.3) is 0 Å². The van der Waals surface area contributed by atoms with Crippen molar-refractivity contribution >= 4 is 12.0 Å². The number of ether oxygens (including phenoxy) is 2. The third-order valence-corrected chi connectivity index (χ3v) is 4.80. The third kappa shape index (κ3) is 3.59. The zero-order chi connectivity index (χ0) is 19.5. The molecule has 0 fully saturated rings. The second-order valence-corrected chi connectivity index (χ2v) is 6.50. The lowest BCUT2D eigenvalue weighted by molar-refractivity contribution is -0.126. The molecule has 0 radical (unpaired) electrons. The van der Waals surface area contributed by atoms with Crippen molar-refractivity contribution in [1.82, 2.24) is 19.7 Å². The summed E-state index contributed by atoms with van der Waals surface area (Å²) < 4.78 is 12.4. The molecule has 0 unspecified atom stereocenters. The lowest BCUT2D eigenvalue weighted by atomic mass is 10.1. The van der Waals surface area contributed by atoms with Crippen LogP contribution in [0.1, 0.15) is 24.1 Å². The van der Waals surface area contributed by atoms with Gasteiger partial charge in [-0.2, -0.15) is 5.10 Å². The summed E-state index contributed by atoms with van der Waals surface area (Å²) in [5, 5.41) is 4.11. The van der Waals surface area contributed by atoms with Crippen LogP contribution in [0.2, 0.25) is 0 Å². The maximum absolute atomic E-state index is 12.6. The number of benzene rings is 2. The number of amides is 1. The highest BCUT2D eigenvalue weighted by Crippen LogP contribution is 2.32. The zero-order valence-corrected chi connectivity index (χ0v) is 15.6. The average Bonchev–Trinajstić information content (AvgIpc) is 3.42. The number of nitrogens with zero attached hydrogens (tertiary/aromatic N) is 4. The summed E-state index contributed by atoms with van der Waals surface area (Å²) in [4.78, 5) is 18.2. The highest BCUT2D eigenvalue weighted by atomic mass is 16.7. The Kier molecular flexibility index (Phi) is 4.80. The predicted octanol–water partition coefficient (Wildman–Crippen LogP) is 3.23. The molecule has 0 N–H and O–H groups in total. The molecule has 0 bridgehead atoms. The van der Waals surface area contributed by atoms with Crippen molar-refractivity contribution in [2.45, 2.75) is 13.0 Å². The first-order chi connectivity index (χ1) is 13.6. The van der Waals surface area contributed by atoms with Gasteiger partial charge in [-0.1, -0.05) is 18.2 Å². The van der Waals surface area contributed by atoms with Crippen LogP contribution in [0, 0.1) is 0 Å². The fraction of sp³-hybridized carbons (Fsp3) is 0.190. The van der Waals surface area contributed by atoms with E-state index in [-0.39, 0.29) is 18.7 Å². The lowest BCUT2D eigenvalue weighted by Crippen LogP contribution is -2.27. The minimum Gasteiger partial charge on any atom is -0.454 e. The van der Waals surface area contributed by atoms with Crippen LogP contribution in [0.25, 0.3) is 11.8 Å². The van der Waals surface area contributed by atoms with Crippen molar-refractivity contribution in [1.29, 1.82) is 0 Å². The predicted molar refractivity (Wildman–Crippen MR) is 104 cm³/mol. The Morgan fingerprint density at radius 2 is 1.96 bits per heavy atom. The summed E-state index contributed by atoms with van der Waals surface area (Å²) in [6, 6.07) is 13.4. The van der Waals surface area contributed by atoms with Gasteiger partial charge < -0.3 is 14.4 Å². The topological polar surface area (TPSA) is 69.5 Å². The molecule has 7 heteroatoms. The van der Waals surface area contributed by atoms with Crippen LogP contribution in [-0.2, 0) is 4.79 Å². The molecule has 1 atom stereocenters. The highest BCUT2D eigenvalue weighted by molar-refractivity contribution is 5.92. The number of likely N-dealkylation sites (N-methyl/N-ethyl adjacent to an activating group) is 1. The van der Waals surface area contributed by atoms with E-state index in [0.29, 0.717) is 5.75 Å². The van der Waals surface area contributed by atoms with Gasteiger partial charge in [-0.05, 0) is 48.4 Å². The van der Waals surface area contributed by atoms with Crippen LogP contribution in [0.4, 0.5) is 0 Å². The fourth-order valence-corrected chi connectivity index (χ4v) is 2.96. The summed E-state index contributed by atoms with van der Waals surface area (Å²) in [6.07, 6.45) is 6.49. The number of carbonyl (C=O) groups excluding carboxylic acids is 1. The first-order valence-corrected chi connectivity index (χ1v) is 8.91. The van der Waals surface area contributed by atoms with E-state index in [1.54, 1.807) is 35.1 Å². The van der Waals surface area contributed by atoms with E-state index in [2.05, 4.69) is 10.1 Å². The van der Waals surface area contributed by atoms with Crippen LogP contribution in [0.15, 0.2) is 61.2 Å². The van der Waals surface area contributed by atoms with E-state index < -0.39 is 0 Å². The molecule has 1 aliphatic rings. The van der Waals surface area contributed by atoms with E-state index in [1.807, 2.05) is 49.4 Å². The molecule has 2 heterocycles. The van der Waals surface area contributed by atoms with Crippen molar-refractivity contribution in [3.8, 4) is 17.2 Å². The molecule has 142 valence electrons. The van der Waals surface area contributed by atoms with Gasteiger partial charge in [0, 0.05) is 13.1 Å². The van der Waals surface area contributed by atoms with Gasteiger partial charge >= 0.3 is 0 Å². The number of hydrogen-bond donors (Lipinski definition) is 0. The second-order valence-electron chi connectivity index (χ2n) is 6.50. The third-order valence-electron chi connectivity index (χ3n) is 4.80. The van der Waals surface area contributed by atoms with Crippen LogP contribution < -0.4 is 9.47 Å². The van der Waals surface area contributed by atoms with E-state index in [4.69, 9.17) is 9.47 Å². The summed E-state index contributed by atoms with van der Waals surface area (Å²) in [5.41, 5.74) is 2.84. The van der Waals surface area contributed by atoms with E-state index >= 15 is 0 Å². The monoisotopic (exact) mass is 376 g/mol. The minimum absolute atomic E-state index is 0.0706. The molecule has 0 aliphatic carbocycles. The second kappa shape index (κ2) is 7.56. The largest absolute Gasteiger partial charge is 0.454 e. The number of aromatic nitrogens is 3. The maximum Gasteiger partial charge on any atom is 0.246 e. The first-order valence-electron chi connectivity index (χ1n) is 8.91. The molecule has 28 heavy (non-hydrogen) atoms. The van der Waals surface area contributed by atoms with Crippen molar-refractivity contribution in [2.75, 3.05) is 13.8 Å². The van der Waals surface area contributed by atoms with E-state index in [9.17, 15) is 4.79 Å². The van der Waals surface area contributed by atoms with Crippen molar-refractivity contribution in [3.05, 3.63) is 72.3 Å². The maximum atomic E-state index is 12.6. The van der Waals surface area contributed by atoms with Gasteiger partial charge in [-0.25, -0.2) is 9.67 Å². The molecule has 0 saturated heterocycles. The Balaban J connectivity index is 1.42. The molecular formula is C21H20N4O3. The molecular weight excluding hydrogens is 356 g/mol. The van der Waals surface area contributed by atoms with Crippen LogP contribution in [0.5, 0.6) is 11.5 Å². The Labute approximate surface area is 162 Å². The van der Waals surface area contributed by atoms with Crippen LogP contribution in [0.3, 0.4) is 0 Å². The Morgan fingerprint density at radius 1 is 1.18 bits per heavy atom. The van der Waals surface area contributed by atoms with Gasteiger partial charge in [0.05, 0.1) is 11.7 Å². The fourth-order valence-electron chi connectivity index (χ4n) is 2.96. The quantitative estimate of drug-likeness (QED) is 0.640. The number of rotatable bonds is 5. The Hall–Kier alpha value is -3.61. The smallest absolute Gasteiger partial charge is 0.246 e. The molecule has 1 aromatic heterocycles. The highest BCUT2D eigenvalue weighted by Gasteiger charge is 2.16. The average molecular weight is 376 g/mol. The number of hydrogen-bond acceptors (Lipinski definition) is 5. The molecule has 1 aliphatic heterocycles. The molecule has 0 saturated carbocycles. The molecule has 7 nitrogen and oxygen atoms in total. The van der Waals surface area contributed by atoms with E-state index in [1.165, 1.54) is 6.33 Å². The first kappa shape index (κ1) is 17.8. The lowest BCUT2D eigenvalue weighted by Gasteiger charge is -2.24. The van der Waals surface area contributed by atoms with Gasteiger partial charge in [0.1, 0.15) is 12.7 Å². The zero-order valence-electron chi connectivity index (χ0n) is 15.6. The molecule has 1 amide bonds. The normalized spacial score (nSPS) is 13.6.